The van der Waals surface area contributed by atoms with Crippen LogP contribution in [-0.4, -0.2) is 11.8 Å². The van der Waals surface area contributed by atoms with E-state index in [4.69, 9.17) is 11.6 Å². The molecule has 2 aromatic carbocycles. The molecule has 0 heterocycles. The van der Waals surface area contributed by atoms with Gasteiger partial charge in [0.1, 0.15) is 5.41 Å². The Hall–Kier alpha value is -2.33. The monoisotopic (exact) mass is 344 g/mol. The Kier molecular flexibility index (Phi) is 5.30. The largest absolute Gasteiger partial charge is 0.325 e. The second kappa shape index (κ2) is 7.05. The van der Waals surface area contributed by atoms with Crippen LogP contribution < -0.4 is 10.6 Å². The molecular formula is C19H21ClN2O2. The first-order valence-electron chi connectivity index (χ1n) is 7.66. The van der Waals surface area contributed by atoms with Crippen LogP contribution in [0.5, 0.6) is 0 Å². The fraction of sp³-hybridized carbons (Fsp3) is 0.263. The number of carbonyl (C=O) groups is 2. The minimum atomic E-state index is -1.24. The summed E-state index contributed by atoms with van der Waals surface area (Å²) < 4.78 is 0. The van der Waals surface area contributed by atoms with Crippen LogP contribution in [0.15, 0.2) is 42.5 Å². The number of hydrogen-bond acceptors (Lipinski definition) is 2. The van der Waals surface area contributed by atoms with E-state index in [2.05, 4.69) is 10.6 Å². The van der Waals surface area contributed by atoms with E-state index in [-0.39, 0.29) is 5.91 Å². The number of para-hydroxylation sites is 1. The van der Waals surface area contributed by atoms with Crippen LogP contribution in [0.2, 0.25) is 5.02 Å². The fourth-order valence-electron chi connectivity index (χ4n) is 2.24. The van der Waals surface area contributed by atoms with Crippen molar-refractivity contribution in [3.63, 3.8) is 0 Å². The molecule has 5 heteroatoms. The third kappa shape index (κ3) is 3.95. The molecule has 0 unspecified atom stereocenters. The van der Waals surface area contributed by atoms with Crippen LogP contribution in [0, 0.1) is 19.3 Å². The summed E-state index contributed by atoms with van der Waals surface area (Å²) in [6.45, 7) is 7.02. The van der Waals surface area contributed by atoms with E-state index in [1.54, 1.807) is 38.1 Å². The number of nitrogens with one attached hydrogen (secondary N) is 2. The van der Waals surface area contributed by atoms with Gasteiger partial charge in [-0.15, -0.1) is 0 Å². The molecule has 0 aliphatic heterocycles. The van der Waals surface area contributed by atoms with Gasteiger partial charge in [0, 0.05) is 16.4 Å². The molecule has 2 aromatic rings. The zero-order valence-electron chi connectivity index (χ0n) is 14.2. The number of amides is 2. The quantitative estimate of drug-likeness (QED) is 0.799. The molecule has 0 atom stereocenters. The van der Waals surface area contributed by atoms with Gasteiger partial charge in [-0.05, 0) is 57.0 Å². The van der Waals surface area contributed by atoms with Crippen LogP contribution >= 0.6 is 11.6 Å². The predicted molar refractivity (Wildman–Crippen MR) is 98.4 cm³/mol. The zero-order chi connectivity index (χ0) is 17.9. The summed E-state index contributed by atoms with van der Waals surface area (Å²) in [7, 11) is 0. The topological polar surface area (TPSA) is 58.2 Å². The van der Waals surface area contributed by atoms with E-state index < -0.39 is 11.3 Å². The highest BCUT2D eigenvalue weighted by Gasteiger charge is 2.36. The molecule has 0 radical (unpaired) electrons. The van der Waals surface area contributed by atoms with Crippen molar-refractivity contribution in [2.24, 2.45) is 5.41 Å². The zero-order valence-corrected chi connectivity index (χ0v) is 15.0. The molecule has 126 valence electrons. The number of halogens is 1. The van der Waals surface area contributed by atoms with Crippen molar-refractivity contribution in [3.05, 3.63) is 58.6 Å². The highest BCUT2D eigenvalue weighted by atomic mass is 35.5. The maximum absolute atomic E-state index is 12.6. The van der Waals surface area contributed by atoms with Crippen LogP contribution in [0.4, 0.5) is 11.4 Å². The van der Waals surface area contributed by atoms with Crippen molar-refractivity contribution in [2.75, 3.05) is 10.6 Å². The molecule has 0 aliphatic rings. The molecule has 24 heavy (non-hydrogen) atoms. The number of rotatable bonds is 4. The maximum atomic E-state index is 12.6. The number of carbonyl (C=O) groups excluding carboxylic acids is 2. The standard InChI is InChI=1S/C19H21ClN2O2/c1-12-7-5-8-13(2)16(12)22-18(24)19(3,4)17(23)21-15-10-6-9-14(20)11-15/h5-11H,1-4H3,(H,21,23)(H,22,24). The Balaban J connectivity index is 2.16. The van der Waals surface area contributed by atoms with Gasteiger partial charge in [-0.1, -0.05) is 35.9 Å². The molecule has 4 nitrogen and oxygen atoms in total. The molecule has 2 rings (SSSR count). The Morgan fingerprint density at radius 1 is 0.917 bits per heavy atom. The molecular weight excluding hydrogens is 324 g/mol. The summed E-state index contributed by atoms with van der Waals surface area (Å²) in [6.07, 6.45) is 0. The molecule has 0 saturated heterocycles. The van der Waals surface area contributed by atoms with Gasteiger partial charge in [0.2, 0.25) is 11.8 Å². The number of benzene rings is 2. The lowest BCUT2D eigenvalue weighted by Crippen LogP contribution is -2.41. The summed E-state index contributed by atoms with van der Waals surface area (Å²) in [5.74, 6) is -0.757. The van der Waals surface area contributed by atoms with Gasteiger partial charge >= 0.3 is 0 Å². The van der Waals surface area contributed by atoms with Gasteiger partial charge in [-0.25, -0.2) is 0 Å². The van der Waals surface area contributed by atoms with Gasteiger partial charge in [0.15, 0.2) is 0 Å². The van der Waals surface area contributed by atoms with Gasteiger partial charge < -0.3 is 10.6 Å². The minimum Gasteiger partial charge on any atom is -0.325 e. The molecule has 0 fully saturated rings. The van der Waals surface area contributed by atoms with Gasteiger partial charge in [-0.3, -0.25) is 9.59 Å². The lowest BCUT2D eigenvalue weighted by Gasteiger charge is -2.24. The van der Waals surface area contributed by atoms with E-state index >= 15 is 0 Å². The van der Waals surface area contributed by atoms with Gasteiger partial charge in [-0.2, -0.15) is 0 Å². The van der Waals surface area contributed by atoms with E-state index in [1.165, 1.54) is 0 Å². The Morgan fingerprint density at radius 2 is 1.46 bits per heavy atom. The van der Waals surface area contributed by atoms with E-state index in [0.29, 0.717) is 10.7 Å². The number of aryl methyl sites for hydroxylation is 2. The second-order valence-corrected chi connectivity index (χ2v) is 6.75. The minimum absolute atomic E-state index is 0.362. The molecule has 2 N–H and O–H groups in total. The average molecular weight is 345 g/mol. The van der Waals surface area contributed by atoms with Gasteiger partial charge in [0.05, 0.1) is 0 Å². The number of hydrogen-bond donors (Lipinski definition) is 2. The summed E-state index contributed by atoms with van der Waals surface area (Å²) >= 11 is 5.92. The predicted octanol–water partition coefficient (Wildman–Crippen LogP) is 4.56. The first-order chi connectivity index (χ1) is 11.2. The highest BCUT2D eigenvalue weighted by molar-refractivity contribution is 6.31. The molecule has 0 spiro atoms. The number of anilines is 2. The average Bonchev–Trinajstić information content (AvgIpc) is 2.50. The van der Waals surface area contributed by atoms with E-state index in [9.17, 15) is 9.59 Å². The Labute approximate surface area is 147 Å². The summed E-state index contributed by atoms with van der Waals surface area (Å²) in [6, 6.07) is 12.6. The summed E-state index contributed by atoms with van der Waals surface area (Å²) in [5.41, 5.74) is 1.97. The first-order valence-corrected chi connectivity index (χ1v) is 8.04. The third-order valence-corrected chi connectivity index (χ3v) is 4.17. The van der Waals surface area contributed by atoms with Crippen molar-refractivity contribution in [1.29, 1.82) is 0 Å². The SMILES string of the molecule is Cc1cccc(C)c1NC(=O)C(C)(C)C(=O)Nc1cccc(Cl)c1. The third-order valence-electron chi connectivity index (χ3n) is 3.94. The molecule has 2 amide bonds. The maximum Gasteiger partial charge on any atom is 0.239 e. The van der Waals surface area contributed by atoms with Crippen LogP contribution in [0.1, 0.15) is 25.0 Å². The van der Waals surface area contributed by atoms with Crippen molar-refractivity contribution in [2.45, 2.75) is 27.7 Å². The van der Waals surface area contributed by atoms with Crippen molar-refractivity contribution in [3.8, 4) is 0 Å². The lowest BCUT2D eigenvalue weighted by molar-refractivity contribution is -0.135. The molecule has 0 aliphatic carbocycles. The second-order valence-electron chi connectivity index (χ2n) is 6.31. The highest BCUT2D eigenvalue weighted by Crippen LogP contribution is 2.25. The van der Waals surface area contributed by atoms with Crippen molar-refractivity contribution >= 4 is 34.8 Å². The molecule has 0 bridgehead atoms. The summed E-state index contributed by atoms with van der Waals surface area (Å²) in [4.78, 5) is 25.2. The van der Waals surface area contributed by atoms with Crippen molar-refractivity contribution in [1.82, 2.24) is 0 Å². The Morgan fingerprint density at radius 3 is 2.04 bits per heavy atom. The normalized spacial score (nSPS) is 11.0. The van der Waals surface area contributed by atoms with E-state index in [1.807, 2.05) is 32.0 Å². The Bertz CT molecular complexity index is 764. The smallest absolute Gasteiger partial charge is 0.239 e. The van der Waals surface area contributed by atoms with Crippen LogP contribution in [0.25, 0.3) is 0 Å². The summed E-state index contributed by atoms with van der Waals surface area (Å²) in [5, 5.41) is 6.12. The fourth-order valence-corrected chi connectivity index (χ4v) is 2.43. The van der Waals surface area contributed by atoms with Crippen molar-refractivity contribution < 1.29 is 9.59 Å². The molecule has 0 saturated carbocycles. The molecule has 0 aromatic heterocycles. The van der Waals surface area contributed by atoms with Crippen LogP contribution in [-0.2, 0) is 9.59 Å². The lowest BCUT2D eigenvalue weighted by atomic mass is 9.90. The van der Waals surface area contributed by atoms with Gasteiger partial charge in [0.25, 0.3) is 0 Å². The first kappa shape index (κ1) is 18.0. The van der Waals surface area contributed by atoms with E-state index in [0.717, 1.165) is 16.8 Å². The van der Waals surface area contributed by atoms with Crippen LogP contribution in [0.3, 0.4) is 0 Å².